The number of amides is 1. The Labute approximate surface area is 227 Å². The molecule has 0 aliphatic rings. The van der Waals surface area contributed by atoms with Crippen LogP contribution in [0.5, 0.6) is 5.88 Å². The number of halogens is 1. The molecule has 0 fully saturated rings. The lowest BCUT2D eigenvalue weighted by molar-refractivity contribution is 0.0964. The first kappa shape index (κ1) is 28.0. The summed E-state index contributed by atoms with van der Waals surface area (Å²) in [5, 5.41) is 3.06. The zero-order chi connectivity index (χ0) is 28.3. The second-order valence-electron chi connectivity index (χ2n) is 9.38. The van der Waals surface area contributed by atoms with Crippen molar-refractivity contribution in [1.82, 2.24) is 15.3 Å². The number of nitrogens with zero attached hydrogens (tertiary/aromatic N) is 3. The molecule has 0 spiro atoms. The maximum atomic E-state index is 13.6. The van der Waals surface area contributed by atoms with Crippen LogP contribution in [0.1, 0.15) is 35.3 Å². The molecule has 0 saturated heterocycles. The molecule has 11 heteroatoms. The molecule has 1 aromatic carbocycles. The highest BCUT2D eigenvalue weighted by molar-refractivity contribution is 7.92. The van der Waals surface area contributed by atoms with Gasteiger partial charge in [-0.3, -0.25) is 9.10 Å². The summed E-state index contributed by atoms with van der Waals surface area (Å²) in [4.78, 5) is 21.8. The fourth-order valence-corrected chi connectivity index (χ4v) is 5.47. The van der Waals surface area contributed by atoms with Gasteiger partial charge in [-0.2, -0.15) is 4.98 Å². The highest BCUT2D eigenvalue weighted by Gasteiger charge is 2.28. The van der Waals surface area contributed by atoms with Gasteiger partial charge in [-0.25, -0.2) is 17.8 Å². The zero-order valence-corrected chi connectivity index (χ0v) is 23.3. The number of furan rings is 1. The summed E-state index contributed by atoms with van der Waals surface area (Å²) in [7, 11) is -0.678. The van der Waals surface area contributed by atoms with Gasteiger partial charge in [0.25, 0.3) is 5.91 Å². The molecule has 0 radical (unpaired) electrons. The summed E-state index contributed by atoms with van der Waals surface area (Å²) in [5.74, 6) is 0.0749. The van der Waals surface area contributed by atoms with Crippen molar-refractivity contribution in [3.8, 4) is 17.2 Å². The molecule has 0 saturated carbocycles. The molecule has 0 bridgehead atoms. The van der Waals surface area contributed by atoms with E-state index in [-0.39, 0.29) is 35.3 Å². The van der Waals surface area contributed by atoms with Crippen molar-refractivity contribution in [3.63, 3.8) is 0 Å². The van der Waals surface area contributed by atoms with E-state index >= 15 is 0 Å². The number of rotatable bonds is 10. The first-order chi connectivity index (χ1) is 18.5. The SMILES string of the molecule is CCc1cc2c(C(=O)NC)c(-c3ccc(F)cc3)oc2nc1N(C[C@@H](C)Cc1ccc(OC)nc1)S(C)(=O)=O. The second-order valence-corrected chi connectivity index (χ2v) is 11.3. The van der Waals surface area contributed by atoms with Crippen molar-refractivity contribution in [2.45, 2.75) is 26.7 Å². The Balaban J connectivity index is 1.79. The number of aromatic nitrogens is 2. The fraction of sp³-hybridized carbons (Fsp3) is 0.321. The van der Waals surface area contributed by atoms with E-state index in [0.717, 1.165) is 11.8 Å². The van der Waals surface area contributed by atoms with Crippen LogP contribution in [-0.2, 0) is 22.9 Å². The van der Waals surface area contributed by atoms with Crippen LogP contribution >= 0.6 is 0 Å². The highest BCUT2D eigenvalue weighted by atomic mass is 32.2. The lowest BCUT2D eigenvalue weighted by Gasteiger charge is -2.26. The quantitative estimate of drug-likeness (QED) is 0.305. The van der Waals surface area contributed by atoms with E-state index in [4.69, 9.17) is 9.15 Å². The van der Waals surface area contributed by atoms with Crippen LogP contribution in [0.15, 0.2) is 53.1 Å². The summed E-state index contributed by atoms with van der Waals surface area (Å²) >= 11 is 0. The summed E-state index contributed by atoms with van der Waals surface area (Å²) < 4.78 is 52.0. The molecule has 3 aromatic heterocycles. The third kappa shape index (κ3) is 6.03. The molecular weight excluding hydrogens is 523 g/mol. The Morgan fingerprint density at radius 2 is 1.92 bits per heavy atom. The monoisotopic (exact) mass is 554 g/mol. The Hall–Kier alpha value is -3.99. The molecule has 9 nitrogen and oxygen atoms in total. The van der Waals surface area contributed by atoms with Crippen LogP contribution < -0.4 is 14.4 Å². The van der Waals surface area contributed by atoms with Crippen LogP contribution in [0.3, 0.4) is 0 Å². The molecule has 0 aliphatic heterocycles. The maximum absolute atomic E-state index is 13.6. The Morgan fingerprint density at radius 3 is 2.49 bits per heavy atom. The van der Waals surface area contributed by atoms with E-state index in [9.17, 15) is 17.6 Å². The average molecular weight is 555 g/mol. The predicted molar refractivity (Wildman–Crippen MR) is 148 cm³/mol. The van der Waals surface area contributed by atoms with E-state index in [1.165, 1.54) is 35.6 Å². The van der Waals surface area contributed by atoms with Gasteiger partial charge >= 0.3 is 0 Å². The predicted octanol–water partition coefficient (Wildman–Crippen LogP) is 4.60. The highest BCUT2D eigenvalue weighted by Crippen LogP contribution is 2.36. The van der Waals surface area contributed by atoms with Gasteiger partial charge in [-0.1, -0.05) is 19.9 Å². The van der Waals surface area contributed by atoms with Crippen molar-refractivity contribution in [1.29, 1.82) is 0 Å². The normalized spacial score (nSPS) is 12.4. The number of hydrogen-bond donors (Lipinski definition) is 1. The first-order valence-electron chi connectivity index (χ1n) is 12.5. The molecule has 3 heterocycles. The van der Waals surface area contributed by atoms with E-state index in [0.29, 0.717) is 35.2 Å². The van der Waals surface area contributed by atoms with Gasteiger partial charge in [0.2, 0.25) is 21.6 Å². The van der Waals surface area contributed by atoms with Crippen LogP contribution in [-0.4, -0.2) is 51.3 Å². The van der Waals surface area contributed by atoms with E-state index in [1.54, 1.807) is 25.4 Å². The summed E-state index contributed by atoms with van der Waals surface area (Å²) in [6.07, 6.45) is 3.90. The molecule has 39 heavy (non-hydrogen) atoms. The lowest BCUT2D eigenvalue weighted by atomic mass is 10.0. The Morgan fingerprint density at radius 1 is 1.21 bits per heavy atom. The number of benzene rings is 1. The zero-order valence-electron chi connectivity index (χ0n) is 22.5. The fourth-order valence-electron chi connectivity index (χ4n) is 4.47. The van der Waals surface area contributed by atoms with Crippen LogP contribution in [0.25, 0.3) is 22.4 Å². The minimum absolute atomic E-state index is 0.0788. The van der Waals surface area contributed by atoms with Crippen molar-refractivity contribution >= 4 is 32.8 Å². The van der Waals surface area contributed by atoms with E-state index in [1.807, 2.05) is 19.9 Å². The van der Waals surface area contributed by atoms with E-state index < -0.39 is 21.7 Å². The maximum Gasteiger partial charge on any atom is 0.255 e. The number of hydrogen-bond acceptors (Lipinski definition) is 7. The number of ether oxygens (including phenoxy) is 1. The van der Waals surface area contributed by atoms with Gasteiger partial charge in [0.1, 0.15) is 17.4 Å². The van der Waals surface area contributed by atoms with Crippen molar-refractivity contribution in [2.75, 3.05) is 31.3 Å². The van der Waals surface area contributed by atoms with Gasteiger partial charge in [0.05, 0.1) is 24.3 Å². The second kappa shape index (κ2) is 11.4. The summed E-state index contributed by atoms with van der Waals surface area (Å²) in [5.41, 5.74) is 2.44. The minimum Gasteiger partial charge on any atom is -0.481 e. The van der Waals surface area contributed by atoms with E-state index in [2.05, 4.69) is 15.3 Å². The molecule has 0 unspecified atom stereocenters. The third-order valence-corrected chi connectivity index (χ3v) is 7.51. The van der Waals surface area contributed by atoms with Gasteiger partial charge < -0.3 is 14.5 Å². The molecule has 1 amide bonds. The average Bonchev–Trinajstić information content (AvgIpc) is 3.29. The van der Waals surface area contributed by atoms with Gasteiger partial charge in [0.15, 0.2) is 0 Å². The number of carbonyl (C=O) groups excluding carboxylic acids is 1. The number of carbonyl (C=O) groups is 1. The number of anilines is 1. The van der Waals surface area contributed by atoms with Crippen molar-refractivity contribution in [2.24, 2.45) is 5.92 Å². The molecular formula is C28H31FN4O5S. The minimum atomic E-state index is -3.73. The Kier molecular flexibility index (Phi) is 8.19. The van der Waals surface area contributed by atoms with Crippen LogP contribution in [0, 0.1) is 11.7 Å². The van der Waals surface area contributed by atoms with Crippen LogP contribution in [0.4, 0.5) is 10.2 Å². The van der Waals surface area contributed by atoms with Crippen molar-refractivity contribution < 1.29 is 26.8 Å². The number of fused-ring (bicyclic) bond motifs is 1. The first-order valence-corrected chi connectivity index (χ1v) is 14.3. The molecule has 4 aromatic rings. The number of aryl methyl sites for hydroxylation is 1. The topological polar surface area (TPSA) is 115 Å². The molecule has 0 aliphatic carbocycles. The molecule has 4 rings (SSSR count). The summed E-state index contributed by atoms with van der Waals surface area (Å²) in [6.45, 7) is 4.01. The molecule has 206 valence electrons. The van der Waals surface area contributed by atoms with Gasteiger partial charge in [0, 0.05) is 31.4 Å². The van der Waals surface area contributed by atoms with Gasteiger partial charge in [-0.15, -0.1) is 0 Å². The number of nitrogens with one attached hydrogen (secondary N) is 1. The Bertz CT molecular complexity index is 1590. The largest absolute Gasteiger partial charge is 0.481 e. The third-order valence-electron chi connectivity index (χ3n) is 6.39. The molecule has 1 N–H and O–H groups in total. The number of methoxy groups -OCH3 is 1. The smallest absolute Gasteiger partial charge is 0.255 e. The number of pyridine rings is 2. The van der Waals surface area contributed by atoms with Crippen molar-refractivity contribution in [3.05, 3.63) is 71.2 Å². The van der Waals surface area contributed by atoms with Crippen LogP contribution in [0.2, 0.25) is 0 Å². The summed E-state index contributed by atoms with van der Waals surface area (Å²) in [6, 6.07) is 11.0. The molecule has 1 atom stereocenters. The van der Waals surface area contributed by atoms with Gasteiger partial charge in [-0.05, 0) is 60.2 Å². The lowest BCUT2D eigenvalue weighted by Crippen LogP contribution is -2.36. The number of sulfonamides is 1. The standard InChI is InChI=1S/C28H31FN4O5S/c1-6-19-14-22-24(27(34)30-3)25(20-8-10-21(29)11-9-20)38-28(22)32-26(19)33(39(5,35)36)16-17(2)13-18-7-12-23(37-4)31-15-18/h7-12,14-15,17H,6,13,16H2,1-5H3,(H,30,34)/t17-/m0/s1.